The van der Waals surface area contributed by atoms with Crippen molar-refractivity contribution in [2.45, 2.75) is 52.4 Å². The van der Waals surface area contributed by atoms with Crippen molar-refractivity contribution < 1.29 is 9.53 Å². The van der Waals surface area contributed by atoms with Gasteiger partial charge in [0.1, 0.15) is 5.78 Å². The molecule has 0 amide bonds. The first kappa shape index (κ1) is 15.2. The van der Waals surface area contributed by atoms with Crippen LogP contribution in [0, 0.1) is 5.41 Å². The highest BCUT2D eigenvalue weighted by molar-refractivity contribution is 5.90. The van der Waals surface area contributed by atoms with Gasteiger partial charge in [0, 0.05) is 13.5 Å². The van der Waals surface area contributed by atoms with Gasteiger partial charge in [-0.15, -0.1) is 0 Å². The van der Waals surface area contributed by atoms with Crippen LogP contribution in [0.1, 0.15) is 52.4 Å². The van der Waals surface area contributed by atoms with Crippen LogP contribution in [0.4, 0.5) is 0 Å². The van der Waals surface area contributed by atoms with Crippen LogP contribution in [0.15, 0.2) is 23.8 Å². The molecule has 0 heterocycles. The zero-order valence-corrected chi connectivity index (χ0v) is 12.0. The fourth-order valence-corrected chi connectivity index (χ4v) is 2.55. The minimum absolute atomic E-state index is 0.310. The molecule has 0 N–H and O–H groups in total. The first-order valence-corrected chi connectivity index (χ1v) is 7.04. The molecule has 0 aromatic carbocycles. The van der Waals surface area contributed by atoms with Crippen LogP contribution < -0.4 is 0 Å². The van der Waals surface area contributed by atoms with E-state index in [0.717, 1.165) is 24.8 Å². The minimum Gasteiger partial charge on any atom is -0.383 e. The molecule has 18 heavy (non-hydrogen) atoms. The van der Waals surface area contributed by atoms with Gasteiger partial charge in [-0.1, -0.05) is 50.0 Å². The number of allylic oxidation sites excluding steroid dienone is 2. The number of carbonyl (C=O) groups excluding carboxylic acids is 1. The number of carbonyl (C=O) groups is 1. The van der Waals surface area contributed by atoms with E-state index in [1.165, 1.54) is 12.8 Å². The van der Waals surface area contributed by atoms with Gasteiger partial charge in [0.25, 0.3) is 0 Å². The van der Waals surface area contributed by atoms with Crippen LogP contribution in [0.25, 0.3) is 0 Å². The summed E-state index contributed by atoms with van der Waals surface area (Å²) in [6.45, 7) is 4.70. The molecule has 0 spiro atoms. The van der Waals surface area contributed by atoms with Gasteiger partial charge in [0.05, 0.1) is 12.0 Å². The second-order valence-electron chi connectivity index (χ2n) is 5.16. The third kappa shape index (κ3) is 3.55. The van der Waals surface area contributed by atoms with Crippen LogP contribution >= 0.6 is 0 Å². The van der Waals surface area contributed by atoms with Gasteiger partial charge in [0.15, 0.2) is 0 Å². The van der Waals surface area contributed by atoms with Gasteiger partial charge in [-0.25, -0.2) is 0 Å². The molecule has 0 bridgehead atoms. The smallest absolute Gasteiger partial charge is 0.149 e. The van der Waals surface area contributed by atoms with E-state index >= 15 is 0 Å². The predicted molar refractivity (Wildman–Crippen MR) is 75.6 cm³/mol. The number of rotatable bonds is 8. The first-order chi connectivity index (χ1) is 8.67. The third-order valence-corrected chi connectivity index (χ3v) is 3.79. The lowest BCUT2D eigenvalue weighted by Gasteiger charge is -2.32. The fraction of sp³-hybridized carbons (Fsp3) is 0.688. The maximum Gasteiger partial charge on any atom is 0.149 e. The van der Waals surface area contributed by atoms with Crippen molar-refractivity contribution in [3.05, 3.63) is 23.8 Å². The van der Waals surface area contributed by atoms with Crippen molar-refractivity contribution in [2.75, 3.05) is 13.7 Å². The molecule has 0 aromatic rings. The summed E-state index contributed by atoms with van der Waals surface area (Å²) < 4.78 is 5.29. The highest BCUT2D eigenvalue weighted by Crippen LogP contribution is 2.35. The zero-order valence-electron chi connectivity index (χ0n) is 12.0. The van der Waals surface area contributed by atoms with E-state index in [1.54, 1.807) is 7.11 Å². The molecule has 0 saturated heterocycles. The Hall–Kier alpha value is -0.890. The zero-order chi connectivity index (χ0) is 13.4. The molecule has 2 nitrogen and oxygen atoms in total. The molecular formula is C16H26O2. The number of ether oxygens (including phenoxy) is 1. The Morgan fingerprint density at radius 1 is 1.39 bits per heavy atom. The highest BCUT2D eigenvalue weighted by atomic mass is 16.5. The average Bonchev–Trinajstić information content (AvgIpc) is 2.37. The molecule has 0 radical (unpaired) electrons. The maximum absolute atomic E-state index is 12.5. The summed E-state index contributed by atoms with van der Waals surface area (Å²) in [5, 5.41) is 0. The molecule has 1 aliphatic carbocycles. The molecule has 0 aliphatic heterocycles. The summed E-state index contributed by atoms with van der Waals surface area (Å²) in [5.41, 5.74) is 0.659. The second kappa shape index (κ2) is 7.52. The summed E-state index contributed by atoms with van der Waals surface area (Å²) in [7, 11) is 1.67. The molecular weight excluding hydrogens is 224 g/mol. The molecule has 0 saturated carbocycles. The SMILES string of the molecule is CCCCCCC(=O)C1(COC)C=CCC=C1C. The molecule has 1 rings (SSSR count). The van der Waals surface area contributed by atoms with Crippen molar-refractivity contribution in [2.24, 2.45) is 5.41 Å². The Morgan fingerprint density at radius 2 is 2.17 bits per heavy atom. The third-order valence-electron chi connectivity index (χ3n) is 3.79. The van der Waals surface area contributed by atoms with E-state index in [9.17, 15) is 4.79 Å². The summed E-state index contributed by atoms with van der Waals surface area (Å²) in [4.78, 5) is 12.5. The lowest BCUT2D eigenvalue weighted by molar-refractivity contribution is -0.127. The summed E-state index contributed by atoms with van der Waals surface area (Å²) in [6.07, 6.45) is 12.4. The monoisotopic (exact) mass is 250 g/mol. The van der Waals surface area contributed by atoms with Gasteiger partial charge in [-0.2, -0.15) is 0 Å². The molecule has 1 aliphatic rings. The van der Waals surface area contributed by atoms with E-state index in [1.807, 2.05) is 13.0 Å². The standard InChI is InChI=1S/C16H26O2/c1-4-5-6-7-11-15(17)16(13-18-3)12-9-8-10-14(16)2/h9-10,12H,4-8,11,13H2,1-3H3. The van der Waals surface area contributed by atoms with E-state index in [4.69, 9.17) is 4.74 Å². The normalized spacial score (nSPS) is 22.9. The Morgan fingerprint density at radius 3 is 2.78 bits per heavy atom. The topological polar surface area (TPSA) is 26.3 Å². The summed E-state index contributed by atoms with van der Waals surface area (Å²) >= 11 is 0. The van der Waals surface area contributed by atoms with Crippen molar-refractivity contribution in [1.82, 2.24) is 0 Å². The van der Waals surface area contributed by atoms with Crippen LogP contribution in [-0.4, -0.2) is 19.5 Å². The largest absolute Gasteiger partial charge is 0.383 e. The summed E-state index contributed by atoms with van der Waals surface area (Å²) in [5.74, 6) is 0.310. The molecule has 0 fully saturated rings. The van der Waals surface area contributed by atoms with Crippen molar-refractivity contribution >= 4 is 5.78 Å². The molecule has 1 atom stereocenters. The Labute approximate surface area is 111 Å². The Balaban J connectivity index is 2.66. The van der Waals surface area contributed by atoms with E-state index in [2.05, 4.69) is 19.1 Å². The molecule has 0 aromatic heterocycles. The fourth-order valence-electron chi connectivity index (χ4n) is 2.55. The number of Topliss-reactive ketones (excluding diaryl/α,β-unsaturated/α-hetero) is 1. The number of methoxy groups -OCH3 is 1. The highest BCUT2D eigenvalue weighted by Gasteiger charge is 2.37. The van der Waals surface area contributed by atoms with Crippen LogP contribution in [0.2, 0.25) is 0 Å². The molecule has 1 unspecified atom stereocenters. The lowest BCUT2D eigenvalue weighted by atomic mass is 9.73. The minimum atomic E-state index is -0.487. The first-order valence-electron chi connectivity index (χ1n) is 7.04. The van der Waals surface area contributed by atoms with Crippen molar-refractivity contribution in [3.8, 4) is 0 Å². The van der Waals surface area contributed by atoms with Crippen LogP contribution in [0.3, 0.4) is 0 Å². The van der Waals surface area contributed by atoms with Gasteiger partial charge < -0.3 is 4.74 Å². The Bertz CT molecular complexity index is 328. The van der Waals surface area contributed by atoms with E-state index in [-0.39, 0.29) is 0 Å². The van der Waals surface area contributed by atoms with Gasteiger partial charge in [-0.3, -0.25) is 4.79 Å². The molecule has 2 heteroatoms. The second-order valence-corrected chi connectivity index (χ2v) is 5.16. The number of hydrogen-bond acceptors (Lipinski definition) is 2. The van der Waals surface area contributed by atoms with E-state index in [0.29, 0.717) is 18.8 Å². The molecule has 102 valence electrons. The van der Waals surface area contributed by atoms with Gasteiger partial charge >= 0.3 is 0 Å². The van der Waals surface area contributed by atoms with Crippen molar-refractivity contribution in [1.29, 1.82) is 0 Å². The van der Waals surface area contributed by atoms with Gasteiger partial charge in [-0.05, 0) is 19.8 Å². The van der Waals surface area contributed by atoms with Crippen LogP contribution in [-0.2, 0) is 9.53 Å². The number of ketones is 1. The quantitative estimate of drug-likeness (QED) is 0.479. The summed E-state index contributed by atoms with van der Waals surface area (Å²) in [6, 6.07) is 0. The van der Waals surface area contributed by atoms with Crippen LogP contribution in [0.5, 0.6) is 0 Å². The van der Waals surface area contributed by atoms with E-state index < -0.39 is 5.41 Å². The predicted octanol–water partition coefficient (Wildman–Crippen LogP) is 4.06. The van der Waals surface area contributed by atoms with Gasteiger partial charge in [0.2, 0.25) is 0 Å². The Kier molecular flexibility index (Phi) is 6.34. The maximum atomic E-state index is 12.5. The number of hydrogen-bond donors (Lipinski definition) is 0. The average molecular weight is 250 g/mol. The lowest BCUT2D eigenvalue weighted by Crippen LogP contribution is -2.36. The van der Waals surface area contributed by atoms with Crippen molar-refractivity contribution in [3.63, 3.8) is 0 Å². The number of unbranched alkanes of at least 4 members (excludes halogenated alkanes) is 3.